The van der Waals surface area contributed by atoms with E-state index in [0.717, 1.165) is 30.0 Å². The molecule has 0 aliphatic carbocycles. The first kappa shape index (κ1) is 18.2. The molecule has 1 aromatic heterocycles. The van der Waals surface area contributed by atoms with Crippen molar-refractivity contribution in [3.63, 3.8) is 0 Å². The first-order valence-electron chi connectivity index (χ1n) is 8.90. The lowest BCUT2D eigenvalue weighted by Gasteiger charge is -2.22. The lowest BCUT2D eigenvalue weighted by molar-refractivity contribution is -0.120. The lowest BCUT2D eigenvalue weighted by atomic mass is 10.1. The fourth-order valence-electron chi connectivity index (χ4n) is 3.19. The third kappa shape index (κ3) is 4.32. The second kappa shape index (κ2) is 8.19. The van der Waals surface area contributed by atoms with Gasteiger partial charge in [-0.25, -0.2) is 0 Å². The van der Waals surface area contributed by atoms with Crippen molar-refractivity contribution in [2.45, 2.75) is 25.3 Å². The van der Waals surface area contributed by atoms with Crippen LogP contribution in [0.15, 0.2) is 47.1 Å². The Kier molecular flexibility index (Phi) is 5.73. The number of carbonyl (C=O) groups excluding carboxylic acids is 2. The van der Waals surface area contributed by atoms with Gasteiger partial charge in [-0.15, -0.1) is 0 Å². The molecule has 1 saturated heterocycles. The molecule has 1 unspecified atom stereocenters. The zero-order valence-corrected chi connectivity index (χ0v) is 15.3. The van der Waals surface area contributed by atoms with Crippen LogP contribution in [0.2, 0.25) is 0 Å². The smallest absolute Gasteiger partial charge is 0.227 e. The van der Waals surface area contributed by atoms with E-state index in [-0.39, 0.29) is 17.9 Å². The highest BCUT2D eigenvalue weighted by atomic mass is 16.3. The number of nitrogens with zero attached hydrogens (tertiary/aromatic N) is 2. The molecule has 2 heterocycles. The van der Waals surface area contributed by atoms with Crippen LogP contribution in [0, 0.1) is 0 Å². The fourth-order valence-corrected chi connectivity index (χ4v) is 3.19. The quantitative estimate of drug-likeness (QED) is 0.828. The monoisotopic (exact) mass is 355 g/mol. The molecule has 26 heavy (non-hydrogen) atoms. The minimum Gasteiger partial charge on any atom is -0.468 e. The molecule has 1 aliphatic rings. The number of hydrogen-bond donors (Lipinski definition) is 1. The molecule has 138 valence electrons. The van der Waals surface area contributed by atoms with Crippen molar-refractivity contribution in [2.75, 3.05) is 32.1 Å². The predicted molar refractivity (Wildman–Crippen MR) is 99.9 cm³/mol. The number of hydrogen-bond acceptors (Lipinski definition) is 4. The summed E-state index contributed by atoms with van der Waals surface area (Å²) in [6.45, 7) is 1.26. The van der Waals surface area contributed by atoms with Gasteiger partial charge in [-0.1, -0.05) is 12.1 Å². The van der Waals surface area contributed by atoms with E-state index in [4.69, 9.17) is 4.42 Å². The molecule has 1 atom stereocenters. The Morgan fingerprint density at radius 3 is 2.62 bits per heavy atom. The van der Waals surface area contributed by atoms with E-state index in [1.54, 1.807) is 11.2 Å². The zero-order valence-electron chi connectivity index (χ0n) is 15.3. The maximum Gasteiger partial charge on any atom is 0.227 e. The Bertz CT molecular complexity index is 738. The molecule has 6 heteroatoms. The van der Waals surface area contributed by atoms with Crippen molar-refractivity contribution >= 4 is 17.5 Å². The Balaban J connectivity index is 1.53. The number of nitrogens with one attached hydrogen (secondary N) is 1. The first-order chi connectivity index (χ1) is 12.5. The Labute approximate surface area is 153 Å². The molecule has 2 aromatic rings. The number of benzene rings is 1. The molecule has 2 amide bonds. The summed E-state index contributed by atoms with van der Waals surface area (Å²) >= 11 is 0. The molecule has 1 aromatic carbocycles. The molecule has 1 fully saturated rings. The molecule has 1 aliphatic heterocycles. The topological polar surface area (TPSA) is 65.8 Å². The normalized spacial score (nSPS) is 15.5. The van der Waals surface area contributed by atoms with Crippen LogP contribution in [0.1, 0.15) is 30.2 Å². The summed E-state index contributed by atoms with van der Waals surface area (Å²) in [5.41, 5.74) is 1.83. The third-order valence-corrected chi connectivity index (χ3v) is 4.67. The van der Waals surface area contributed by atoms with Crippen molar-refractivity contribution < 1.29 is 14.0 Å². The second-order valence-corrected chi connectivity index (χ2v) is 6.79. The molecular formula is C20H25N3O3. The molecule has 0 radical (unpaired) electrons. The van der Waals surface area contributed by atoms with Gasteiger partial charge in [0.2, 0.25) is 11.8 Å². The van der Waals surface area contributed by atoms with E-state index < -0.39 is 0 Å². The van der Waals surface area contributed by atoms with E-state index in [9.17, 15) is 9.59 Å². The van der Waals surface area contributed by atoms with Gasteiger partial charge in [0.15, 0.2) is 0 Å². The van der Waals surface area contributed by atoms with Crippen LogP contribution in [0.3, 0.4) is 0 Å². The van der Waals surface area contributed by atoms with Crippen LogP contribution in [-0.2, 0) is 16.0 Å². The molecule has 0 bridgehead atoms. The van der Waals surface area contributed by atoms with Gasteiger partial charge in [-0.05, 0) is 50.3 Å². The third-order valence-electron chi connectivity index (χ3n) is 4.67. The van der Waals surface area contributed by atoms with Crippen molar-refractivity contribution in [3.05, 3.63) is 54.0 Å². The average molecular weight is 355 g/mol. The van der Waals surface area contributed by atoms with Crippen LogP contribution < -0.4 is 10.2 Å². The second-order valence-electron chi connectivity index (χ2n) is 6.79. The van der Waals surface area contributed by atoms with Gasteiger partial charge in [0.05, 0.1) is 18.7 Å². The predicted octanol–water partition coefficient (Wildman–Crippen LogP) is 2.37. The molecule has 6 nitrogen and oxygen atoms in total. The number of furan rings is 1. The van der Waals surface area contributed by atoms with Crippen LogP contribution in [0.25, 0.3) is 0 Å². The summed E-state index contributed by atoms with van der Waals surface area (Å²) < 4.78 is 5.45. The number of rotatable bonds is 7. The van der Waals surface area contributed by atoms with E-state index in [2.05, 4.69) is 5.32 Å². The van der Waals surface area contributed by atoms with Gasteiger partial charge in [0, 0.05) is 25.2 Å². The number of likely N-dealkylation sites (N-methyl/N-ethyl adjacent to an activating group) is 1. The zero-order chi connectivity index (χ0) is 18.5. The maximum atomic E-state index is 12.3. The summed E-state index contributed by atoms with van der Waals surface area (Å²) in [6.07, 6.45) is 3.48. The van der Waals surface area contributed by atoms with Gasteiger partial charge in [0.1, 0.15) is 5.76 Å². The maximum absolute atomic E-state index is 12.3. The van der Waals surface area contributed by atoms with Crippen LogP contribution in [0.4, 0.5) is 5.69 Å². The van der Waals surface area contributed by atoms with E-state index in [1.807, 2.05) is 55.4 Å². The summed E-state index contributed by atoms with van der Waals surface area (Å²) in [7, 11) is 3.91. The minimum absolute atomic E-state index is 0.00231. The average Bonchev–Trinajstić information content (AvgIpc) is 3.27. The largest absolute Gasteiger partial charge is 0.468 e. The molecular weight excluding hydrogens is 330 g/mol. The molecule has 3 rings (SSSR count). The van der Waals surface area contributed by atoms with Gasteiger partial charge in [-0.2, -0.15) is 0 Å². The molecule has 0 spiro atoms. The van der Waals surface area contributed by atoms with Crippen LogP contribution >= 0.6 is 0 Å². The summed E-state index contributed by atoms with van der Waals surface area (Å²) in [5, 5.41) is 2.97. The summed E-state index contributed by atoms with van der Waals surface area (Å²) in [5.74, 6) is 0.964. The SMILES string of the molecule is CN(C)C(CNC(=O)Cc1ccc(N2CCCC2=O)cc1)c1ccco1. The molecule has 1 N–H and O–H groups in total. The highest BCUT2D eigenvalue weighted by molar-refractivity contribution is 5.95. The summed E-state index contributed by atoms with van der Waals surface area (Å²) in [4.78, 5) is 27.9. The van der Waals surface area contributed by atoms with Crippen molar-refractivity contribution in [1.82, 2.24) is 10.2 Å². The van der Waals surface area contributed by atoms with E-state index in [1.165, 1.54) is 0 Å². The van der Waals surface area contributed by atoms with Crippen LogP contribution in [-0.4, -0.2) is 43.9 Å². The Morgan fingerprint density at radius 1 is 1.27 bits per heavy atom. The standard InChI is InChI=1S/C20H25N3O3/c1-22(2)17(18-5-4-12-26-18)14-21-19(24)13-15-7-9-16(10-8-15)23-11-3-6-20(23)25/h4-5,7-10,12,17H,3,6,11,13-14H2,1-2H3,(H,21,24). The highest BCUT2D eigenvalue weighted by Crippen LogP contribution is 2.22. The number of amides is 2. The van der Waals surface area contributed by atoms with Gasteiger partial charge < -0.3 is 14.6 Å². The van der Waals surface area contributed by atoms with E-state index in [0.29, 0.717) is 19.4 Å². The van der Waals surface area contributed by atoms with Crippen molar-refractivity contribution in [2.24, 2.45) is 0 Å². The van der Waals surface area contributed by atoms with Gasteiger partial charge >= 0.3 is 0 Å². The Morgan fingerprint density at radius 2 is 2.04 bits per heavy atom. The lowest BCUT2D eigenvalue weighted by Crippen LogP contribution is -2.35. The first-order valence-corrected chi connectivity index (χ1v) is 8.90. The van der Waals surface area contributed by atoms with Crippen LogP contribution in [0.5, 0.6) is 0 Å². The van der Waals surface area contributed by atoms with Crippen molar-refractivity contribution in [1.29, 1.82) is 0 Å². The van der Waals surface area contributed by atoms with Gasteiger partial charge in [0.25, 0.3) is 0 Å². The van der Waals surface area contributed by atoms with E-state index >= 15 is 0 Å². The number of anilines is 1. The Hall–Kier alpha value is -2.60. The number of carbonyl (C=O) groups is 2. The van der Waals surface area contributed by atoms with Gasteiger partial charge in [-0.3, -0.25) is 14.5 Å². The fraction of sp³-hybridized carbons (Fsp3) is 0.400. The highest BCUT2D eigenvalue weighted by Gasteiger charge is 2.21. The summed E-state index contributed by atoms with van der Waals surface area (Å²) in [6, 6.07) is 11.4. The minimum atomic E-state index is -0.0339. The molecule has 0 saturated carbocycles. The van der Waals surface area contributed by atoms with Crippen molar-refractivity contribution in [3.8, 4) is 0 Å².